The Bertz CT molecular complexity index is 587. The van der Waals surface area contributed by atoms with Crippen LogP contribution in [-0.4, -0.2) is 27.9 Å². The number of thiazole rings is 1. The number of nitriles is 1. The molecule has 112 valence electrons. The Balaban J connectivity index is 1.99. The zero-order valence-corrected chi connectivity index (χ0v) is 14.1. The van der Waals surface area contributed by atoms with Gasteiger partial charge in [-0.1, -0.05) is 20.8 Å². The van der Waals surface area contributed by atoms with Crippen LogP contribution in [0.25, 0.3) is 6.08 Å². The summed E-state index contributed by atoms with van der Waals surface area (Å²) < 4.78 is 0. The minimum atomic E-state index is -0.698. The van der Waals surface area contributed by atoms with E-state index in [-0.39, 0.29) is 11.3 Å². The van der Waals surface area contributed by atoms with E-state index in [0.29, 0.717) is 12.2 Å². The lowest BCUT2D eigenvalue weighted by Crippen LogP contribution is -2.46. The minimum Gasteiger partial charge on any atom is -0.333 e. The van der Waals surface area contributed by atoms with E-state index in [4.69, 9.17) is 0 Å². The Morgan fingerprint density at radius 3 is 2.86 bits per heavy atom. The van der Waals surface area contributed by atoms with Crippen LogP contribution >= 0.6 is 23.1 Å². The van der Waals surface area contributed by atoms with Gasteiger partial charge in [0, 0.05) is 28.3 Å². The summed E-state index contributed by atoms with van der Waals surface area (Å²) in [5.74, 6) is 1.36. The van der Waals surface area contributed by atoms with Gasteiger partial charge in [0.05, 0.1) is 11.1 Å². The number of aromatic nitrogens is 1. The van der Waals surface area contributed by atoms with E-state index in [9.17, 15) is 10.1 Å². The van der Waals surface area contributed by atoms with Gasteiger partial charge in [0.1, 0.15) is 5.54 Å². The number of nitrogens with zero attached hydrogens (tertiary/aromatic N) is 2. The summed E-state index contributed by atoms with van der Waals surface area (Å²) in [6, 6.07) is 2.23. The van der Waals surface area contributed by atoms with Crippen LogP contribution in [0.3, 0.4) is 0 Å². The summed E-state index contributed by atoms with van der Waals surface area (Å²) in [6.07, 6.45) is 5.74. The Kier molecular flexibility index (Phi) is 4.74. The normalized spacial score (nSPS) is 22.4. The Morgan fingerprint density at radius 1 is 1.57 bits per heavy atom. The van der Waals surface area contributed by atoms with Gasteiger partial charge < -0.3 is 5.32 Å². The van der Waals surface area contributed by atoms with E-state index >= 15 is 0 Å². The van der Waals surface area contributed by atoms with Crippen LogP contribution < -0.4 is 5.32 Å². The highest BCUT2D eigenvalue weighted by atomic mass is 32.2. The van der Waals surface area contributed by atoms with Crippen LogP contribution in [0.4, 0.5) is 0 Å². The zero-order chi connectivity index (χ0) is 15.5. The second kappa shape index (κ2) is 6.20. The van der Waals surface area contributed by atoms with Gasteiger partial charge in [0.2, 0.25) is 5.91 Å². The fourth-order valence-electron chi connectivity index (χ4n) is 1.93. The lowest BCUT2D eigenvalue weighted by molar-refractivity contribution is -0.117. The third kappa shape index (κ3) is 4.08. The molecular weight excluding hydrogens is 302 g/mol. The Labute approximate surface area is 133 Å². The van der Waals surface area contributed by atoms with Crippen LogP contribution in [0, 0.1) is 11.3 Å². The first kappa shape index (κ1) is 16.1. The number of carbonyl (C=O) groups is 1. The smallest absolute Gasteiger partial charge is 0.245 e. The van der Waals surface area contributed by atoms with Crippen molar-refractivity contribution >= 4 is 35.1 Å². The van der Waals surface area contributed by atoms with Gasteiger partial charge in [-0.15, -0.1) is 11.3 Å². The first-order valence-electron chi connectivity index (χ1n) is 6.80. The van der Waals surface area contributed by atoms with Crippen LogP contribution in [0.1, 0.15) is 37.1 Å². The third-order valence-electron chi connectivity index (χ3n) is 3.16. The van der Waals surface area contributed by atoms with Gasteiger partial charge >= 0.3 is 0 Å². The highest BCUT2D eigenvalue weighted by Crippen LogP contribution is 2.28. The fraction of sp³-hybridized carbons (Fsp3) is 0.533. The van der Waals surface area contributed by atoms with E-state index in [1.165, 1.54) is 6.08 Å². The molecule has 1 fully saturated rings. The van der Waals surface area contributed by atoms with Crippen molar-refractivity contribution in [1.29, 1.82) is 5.26 Å². The van der Waals surface area contributed by atoms with Crippen molar-refractivity contribution in [3.63, 3.8) is 0 Å². The van der Waals surface area contributed by atoms with Gasteiger partial charge in [0.25, 0.3) is 0 Å². The number of rotatable bonds is 3. The quantitative estimate of drug-likeness (QED) is 0.869. The molecule has 0 spiro atoms. The Hall–Kier alpha value is -1.32. The molecule has 0 bridgehead atoms. The molecule has 1 aromatic heterocycles. The van der Waals surface area contributed by atoms with Crippen molar-refractivity contribution in [2.45, 2.75) is 38.1 Å². The summed E-state index contributed by atoms with van der Waals surface area (Å²) in [6.45, 7) is 6.33. The van der Waals surface area contributed by atoms with Gasteiger partial charge in [-0.3, -0.25) is 4.79 Å². The van der Waals surface area contributed by atoms with Crippen LogP contribution in [0.15, 0.2) is 12.3 Å². The molecule has 1 N–H and O–H groups in total. The maximum Gasteiger partial charge on any atom is 0.245 e. The van der Waals surface area contributed by atoms with Crippen molar-refractivity contribution in [1.82, 2.24) is 10.3 Å². The summed E-state index contributed by atoms with van der Waals surface area (Å²) in [5, 5.41) is 13.1. The molecule has 0 aliphatic carbocycles. The summed E-state index contributed by atoms with van der Waals surface area (Å²) in [5.41, 5.74) is -0.679. The summed E-state index contributed by atoms with van der Waals surface area (Å²) in [7, 11) is 0. The van der Waals surface area contributed by atoms with E-state index in [0.717, 1.165) is 15.6 Å². The van der Waals surface area contributed by atoms with E-state index in [2.05, 4.69) is 37.1 Å². The van der Waals surface area contributed by atoms with Crippen molar-refractivity contribution in [3.8, 4) is 6.07 Å². The van der Waals surface area contributed by atoms with Gasteiger partial charge in [-0.25, -0.2) is 4.98 Å². The molecule has 1 amide bonds. The third-order valence-corrected chi connectivity index (χ3v) is 5.74. The lowest BCUT2D eigenvalue weighted by atomic mass is 9.98. The number of hydrogen-bond acceptors (Lipinski definition) is 5. The molecule has 1 saturated heterocycles. The van der Waals surface area contributed by atoms with Crippen molar-refractivity contribution < 1.29 is 4.79 Å². The predicted octanol–water partition coefficient (Wildman–Crippen LogP) is 2.97. The molecule has 2 rings (SSSR count). The first-order chi connectivity index (χ1) is 9.85. The second-order valence-electron chi connectivity index (χ2n) is 6.14. The van der Waals surface area contributed by atoms with Gasteiger partial charge in [0.15, 0.2) is 0 Å². The molecule has 1 aliphatic rings. The average molecular weight is 321 g/mol. The highest BCUT2D eigenvalue weighted by Gasteiger charge is 2.35. The van der Waals surface area contributed by atoms with Crippen LogP contribution in [0.2, 0.25) is 0 Å². The number of hydrogen-bond donors (Lipinski definition) is 1. The predicted molar refractivity (Wildman–Crippen MR) is 88.3 cm³/mol. The molecule has 21 heavy (non-hydrogen) atoms. The monoisotopic (exact) mass is 321 g/mol. The van der Waals surface area contributed by atoms with E-state index in [1.807, 2.05) is 0 Å². The molecule has 0 saturated carbocycles. The summed E-state index contributed by atoms with van der Waals surface area (Å²) >= 11 is 3.28. The number of nitrogens with one attached hydrogen (secondary N) is 1. The maximum atomic E-state index is 12.0. The van der Waals surface area contributed by atoms with E-state index in [1.54, 1.807) is 35.4 Å². The van der Waals surface area contributed by atoms with Crippen molar-refractivity contribution in [3.05, 3.63) is 22.2 Å². The number of carbonyl (C=O) groups excluding carboxylic acids is 1. The largest absolute Gasteiger partial charge is 0.333 e. The molecule has 1 aromatic rings. The second-order valence-corrected chi connectivity index (χ2v) is 8.30. The maximum absolute atomic E-state index is 12.0. The molecular formula is C15H19N3OS2. The lowest BCUT2D eigenvalue weighted by Gasteiger charge is -2.19. The topological polar surface area (TPSA) is 65.8 Å². The van der Waals surface area contributed by atoms with Gasteiger partial charge in [-0.05, 0) is 18.2 Å². The van der Waals surface area contributed by atoms with Crippen LogP contribution in [-0.2, 0) is 10.2 Å². The fourth-order valence-corrected chi connectivity index (χ4v) is 4.07. The zero-order valence-electron chi connectivity index (χ0n) is 12.5. The molecule has 0 radical (unpaired) electrons. The highest BCUT2D eigenvalue weighted by molar-refractivity contribution is 7.99. The van der Waals surface area contributed by atoms with Crippen molar-refractivity contribution in [2.75, 3.05) is 11.5 Å². The standard InChI is InChI=1S/C15H19N3OS2/c1-14(2,3)13-17-8-11(21-13)4-5-12(19)18-15(9-16)6-7-20-10-15/h4-5,8H,6-7,10H2,1-3H3,(H,18,19)/b5-4-/t15-/m1/s1. The SMILES string of the molecule is CC(C)(C)c1ncc(/C=C\C(=O)N[C@@]2(C#N)CCSC2)s1. The first-order valence-corrected chi connectivity index (χ1v) is 8.77. The molecule has 4 nitrogen and oxygen atoms in total. The number of thioether (sulfide) groups is 1. The average Bonchev–Trinajstić information content (AvgIpc) is 3.05. The molecule has 1 aliphatic heterocycles. The molecule has 6 heteroatoms. The summed E-state index contributed by atoms with van der Waals surface area (Å²) in [4.78, 5) is 17.3. The van der Waals surface area contributed by atoms with E-state index < -0.39 is 5.54 Å². The molecule has 2 heterocycles. The minimum absolute atomic E-state index is 0.0188. The molecule has 0 aromatic carbocycles. The molecule has 1 atom stereocenters. The van der Waals surface area contributed by atoms with Crippen molar-refractivity contribution in [2.24, 2.45) is 0 Å². The van der Waals surface area contributed by atoms with Crippen LogP contribution in [0.5, 0.6) is 0 Å². The van der Waals surface area contributed by atoms with Gasteiger partial charge in [-0.2, -0.15) is 17.0 Å². The molecule has 0 unspecified atom stereocenters. The Morgan fingerprint density at radius 2 is 2.33 bits per heavy atom. The number of amides is 1.